The molecule has 1 unspecified atom stereocenters. The predicted octanol–water partition coefficient (Wildman–Crippen LogP) is 4.28. The quantitative estimate of drug-likeness (QED) is 0.835. The monoisotopic (exact) mass is 245 g/mol. The zero-order chi connectivity index (χ0) is 13.1. The maximum absolute atomic E-state index is 3.74. The maximum Gasteiger partial charge on any atom is 0.0213 e. The first kappa shape index (κ1) is 13.6. The lowest BCUT2D eigenvalue weighted by atomic mass is 9.97. The molecule has 1 aromatic rings. The van der Waals surface area contributed by atoms with Gasteiger partial charge in [0.1, 0.15) is 0 Å². The van der Waals surface area contributed by atoms with Gasteiger partial charge in [0.25, 0.3) is 0 Å². The van der Waals surface area contributed by atoms with Gasteiger partial charge in [0.2, 0.25) is 0 Å². The molecule has 18 heavy (non-hydrogen) atoms. The highest BCUT2D eigenvalue weighted by atomic mass is 14.9. The minimum atomic E-state index is 0.660. The summed E-state index contributed by atoms with van der Waals surface area (Å²) in [5, 5.41) is 3.74. The molecule has 1 fully saturated rings. The van der Waals surface area contributed by atoms with Crippen LogP contribution in [0.5, 0.6) is 0 Å². The van der Waals surface area contributed by atoms with Crippen molar-refractivity contribution in [3.8, 4) is 0 Å². The molecule has 0 aromatic heterocycles. The van der Waals surface area contributed by atoms with Gasteiger partial charge in [-0.05, 0) is 63.1 Å². The molecule has 1 aliphatic rings. The Hall–Kier alpha value is -0.820. The third-order valence-electron chi connectivity index (χ3n) is 4.55. The summed E-state index contributed by atoms with van der Waals surface area (Å²) in [5.74, 6) is 0.899. The maximum atomic E-state index is 3.74. The van der Waals surface area contributed by atoms with Crippen LogP contribution in [0.1, 0.15) is 54.9 Å². The van der Waals surface area contributed by atoms with Crippen LogP contribution in [-0.4, -0.2) is 6.04 Å². The molecule has 0 amide bonds. The van der Waals surface area contributed by atoms with Crippen LogP contribution in [0.2, 0.25) is 0 Å². The van der Waals surface area contributed by atoms with Gasteiger partial charge in [-0.1, -0.05) is 30.5 Å². The highest BCUT2D eigenvalue weighted by Gasteiger charge is 2.21. The van der Waals surface area contributed by atoms with Gasteiger partial charge >= 0.3 is 0 Å². The second-order valence-electron chi connectivity index (χ2n) is 6.09. The van der Waals surface area contributed by atoms with Crippen molar-refractivity contribution >= 4 is 0 Å². The number of rotatable bonds is 4. The minimum absolute atomic E-state index is 0.660. The molecule has 1 N–H and O–H groups in total. The van der Waals surface area contributed by atoms with Gasteiger partial charge in [0, 0.05) is 12.6 Å². The molecule has 2 rings (SSSR count). The van der Waals surface area contributed by atoms with Crippen LogP contribution in [0.4, 0.5) is 0 Å². The smallest absolute Gasteiger partial charge is 0.0213 e. The Bertz CT molecular complexity index is 379. The summed E-state index contributed by atoms with van der Waals surface area (Å²) in [6.07, 6.45) is 5.69. The van der Waals surface area contributed by atoms with E-state index in [1.54, 1.807) is 0 Å². The molecule has 100 valence electrons. The normalized spacial score (nSPS) is 18.2. The standard InChI is InChI=1S/C17H27N/c1-12-9-13(2)17(14(3)10-12)11-18-15(4)16-7-5-6-8-16/h9-10,15-16,18H,5-8,11H2,1-4H3. The first-order chi connectivity index (χ1) is 8.58. The largest absolute Gasteiger partial charge is 0.310 e. The molecule has 0 aliphatic heterocycles. The lowest BCUT2D eigenvalue weighted by Crippen LogP contribution is -2.32. The lowest BCUT2D eigenvalue weighted by molar-refractivity contribution is 0.380. The minimum Gasteiger partial charge on any atom is -0.310 e. The van der Waals surface area contributed by atoms with Gasteiger partial charge in [-0.3, -0.25) is 0 Å². The van der Waals surface area contributed by atoms with Crippen molar-refractivity contribution < 1.29 is 0 Å². The molecule has 0 heterocycles. The van der Waals surface area contributed by atoms with E-state index in [2.05, 4.69) is 45.1 Å². The number of hydrogen-bond acceptors (Lipinski definition) is 1. The molecular formula is C17H27N. The average molecular weight is 245 g/mol. The first-order valence-electron chi connectivity index (χ1n) is 7.38. The second-order valence-corrected chi connectivity index (χ2v) is 6.09. The third kappa shape index (κ3) is 3.14. The molecule has 1 aromatic carbocycles. The van der Waals surface area contributed by atoms with E-state index in [1.165, 1.54) is 47.9 Å². The Morgan fingerprint density at radius 1 is 1.11 bits per heavy atom. The zero-order valence-electron chi connectivity index (χ0n) is 12.3. The van der Waals surface area contributed by atoms with Crippen LogP contribution in [0, 0.1) is 26.7 Å². The Morgan fingerprint density at radius 2 is 1.67 bits per heavy atom. The molecule has 0 bridgehead atoms. The van der Waals surface area contributed by atoms with Gasteiger partial charge in [-0.2, -0.15) is 0 Å². The van der Waals surface area contributed by atoms with E-state index < -0.39 is 0 Å². The van der Waals surface area contributed by atoms with E-state index in [0.717, 1.165) is 12.5 Å². The van der Waals surface area contributed by atoms with Crippen LogP contribution in [0.15, 0.2) is 12.1 Å². The SMILES string of the molecule is Cc1cc(C)c(CNC(C)C2CCCC2)c(C)c1. The van der Waals surface area contributed by atoms with Crippen molar-refractivity contribution in [1.29, 1.82) is 0 Å². The summed E-state index contributed by atoms with van der Waals surface area (Å²) >= 11 is 0. The fourth-order valence-electron chi connectivity index (χ4n) is 3.38. The van der Waals surface area contributed by atoms with Crippen LogP contribution in [-0.2, 0) is 6.54 Å². The van der Waals surface area contributed by atoms with Crippen LogP contribution >= 0.6 is 0 Å². The van der Waals surface area contributed by atoms with E-state index in [1.807, 2.05) is 0 Å². The lowest BCUT2D eigenvalue weighted by Gasteiger charge is -2.22. The van der Waals surface area contributed by atoms with Gasteiger partial charge in [0.05, 0.1) is 0 Å². The van der Waals surface area contributed by atoms with E-state index in [-0.39, 0.29) is 0 Å². The van der Waals surface area contributed by atoms with Gasteiger partial charge in [-0.15, -0.1) is 0 Å². The number of nitrogens with one attached hydrogen (secondary N) is 1. The topological polar surface area (TPSA) is 12.0 Å². The fourth-order valence-corrected chi connectivity index (χ4v) is 3.38. The summed E-state index contributed by atoms with van der Waals surface area (Å²) in [6.45, 7) is 10.0. The van der Waals surface area contributed by atoms with Crippen LogP contribution in [0.3, 0.4) is 0 Å². The van der Waals surface area contributed by atoms with Crippen molar-refractivity contribution in [2.75, 3.05) is 0 Å². The van der Waals surface area contributed by atoms with Crippen LogP contribution < -0.4 is 5.32 Å². The van der Waals surface area contributed by atoms with E-state index in [0.29, 0.717) is 6.04 Å². The molecule has 1 nitrogen and oxygen atoms in total. The molecule has 0 radical (unpaired) electrons. The Kier molecular flexibility index (Phi) is 4.45. The number of hydrogen-bond donors (Lipinski definition) is 1. The van der Waals surface area contributed by atoms with E-state index in [4.69, 9.17) is 0 Å². The molecule has 0 spiro atoms. The van der Waals surface area contributed by atoms with E-state index >= 15 is 0 Å². The van der Waals surface area contributed by atoms with Crippen LogP contribution in [0.25, 0.3) is 0 Å². The summed E-state index contributed by atoms with van der Waals surface area (Å²) < 4.78 is 0. The van der Waals surface area contributed by atoms with Crippen molar-refractivity contribution in [1.82, 2.24) is 5.32 Å². The second kappa shape index (κ2) is 5.88. The van der Waals surface area contributed by atoms with Gasteiger partial charge in [-0.25, -0.2) is 0 Å². The van der Waals surface area contributed by atoms with Crippen molar-refractivity contribution in [2.45, 2.75) is 66.0 Å². The fraction of sp³-hybridized carbons (Fsp3) is 0.647. The average Bonchev–Trinajstić information content (AvgIpc) is 2.80. The van der Waals surface area contributed by atoms with Gasteiger partial charge in [0.15, 0.2) is 0 Å². The molecule has 0 saturated heterocycles. The van der Waals surface area contributed by atoms with E-state index in [9.17, 15) is 0 Å². The molecular weight excluding hydrogens is 218 g/mol. The summed E-state index contributed by atoms with van der Waals surface area (Å²) in [5.41, 5.74) is 5.72. The Morgan fingerprint density at radius 3 is 2.22 bits per heavy atom. The van der Waals surface area contributed by atoms with Crippen molar-refractivity contribution in [3.05, 3.63) is 34.4 Å². The third-order valence-corrected chi connectivity index (χ3v) is 4.55. The zero-order valence-corrected chi connectivity index (χ0v) is 12.3. The number of benzene rings is 1. The summed E-state index contributed by atoms with van der Waals surface area (Å²) in [4.78, 5) is 0. The summed E-state index contributed by atoms with van der Waals surface area (Å²) in [7, 11) is 0. The van der Waals surface area contributed by atoms with Crippen molar-refractivity contribution in [2.24, 2.45) is 5.92 Å². The molecule has 1 aliphatic carbocycles. The Labute approximate surface area is 112 Å². The Balaban J connectivity index is 1.97. The highest BCUT2D eigenvalue weighted by molar-refractivity contribution is 5.37. The molecule has 1 atom stereocenters. The van der Waals surface area contributed by atoms with Crippen molar-refractivity contribution in [3.63, 3.8) is 0 Å². The van der Waals surface area contributed by atoms with Gasteiger partial charge < -0.3 is 5.32 Å². The first-order valence-corrected chi connectivity index (χ1v) is 7.38. The highest BCUT2D eigenvalue weighted by Crippen LogP contribution is 2.28. The molecule has 1 heteroatoms. The summed E-state index contributed by atoms with van der Waals surface area (Å²) in [6, 6.07) is 5.25. The number of aryl methyl sites for hydroxylation is 3. The molecule has 1 saturated carbocycles. The predicted molar refractivity (Wildman–Crippen MR) is 78.9 cm³/mol.